The Morgan fingerprint density at radius 1 is 1.32 bits per heavy atom. The number of ether oxygens (including phenoxy) is 1. The Labute approximate surface area is 152 Å². The van der Waals surface area contributed by atoms with E-state index in [1.165, 1.54) is 11.8 Å². The molecule has 2 heterocycles. The Hall–Kier alpha value is -1.57. The van der Waals surface area contributed by atoms with E-state index in [2.05, 4.69) is 29.4 Å². The minimum Gasteiger partial charge on any atom is -0.373 e. The van der Waals surface area contributed by atoms with Gasteiger partial charge >= 0.3 is 0 Å². The summed E-state index contributed by atoms with van der Waals surface area (Å²) in [6.07, 6.45) is 0.451. The average Bonchev–Trinajstić information content (AvgIpc) is 2.54. The van der Waals surface area contributed by atoms with Crippen LogP contribution >= 0.6 is 11.8 Å². The smallest absolute Gasteiger partial charge is 0.251 e. The molecule has 0 saturated carbocycles. The van der Waals surface area contributed by atoms with Crippen molar-refractivity contribution in [2.24, 2.45) is 0 Å². The molecule has 2 N–H and O–H groups in total. The summed E-state index contributed by atoms with van der Waals surface area (Å²) in [4.78, 5) is 27.5. The molecular formula is C18H25N3O3S. The molecule has 0 spiro atoms. The second-order valence-electron chi connectivity index (χ2n) is 6.73. The van der Waals surface area contributed by atoms with Crippen LogP contribution < -0.4 is 10.6 Å². The fraction of sp³-hybridized carbons (Fsp3) is 0.556. The van der Waals surface area contributed by atoms with Crippen LogP contribution in [-0.4, -0.2) is 60.4 Å². The zero-order chi connectivity index (χ0) is 18.0. The van der Waals surface area contributed by atoms with Crippen molar-refractivity contribution in [2.45, 2.75) is 43.1 Å². The van der Waals surface area contributed by atoms with Gasteiger partial charge in [-0.2, -0.15) is 0 Å². The number of carbonyl (C=O) groups is 2. The third-order valence-electron chi connectivity index (χ3n) is 4.38. The fourth-order valence-electron chi connectivity index (χ4n) is 3.25. The highest BCUT2D eigenvalue weighted by Crippen LogP contribution is 2.35. The number of carbonyl (C=O) groups excluding carboxylic acids is 2. The number of hydrogen-bond acceptors (Lipinski definition) is 5. The van der Waals surface area contributed by atoms with E-state index in [9.17, 15) is 9.59 Å². The van der Waals surface area contributed by atoms with Crippen molar-refractivity contribution in [3.8, 4) is 0 Å². The zero-order valence-corrected chi connectivity index (χ0v) is 15.7. The number of fused-ring (bicyclic) bond motifs is 1. The van der Waals surface area contributed by atoms with E-state index in [0.717, 1.165) is 30.2 Å². The van der Waals surface area contributed by atoms with Crippen LogP contribution in [0, 0.1) is 0 Å². The van der Waals surface area contributed by atoms with Crippen LogP contribution in [0.25, 0.3) is 0 Å². The maximum absolute atomic E-state index is 12.4. The number of benzene rings is 1. The fourth-order valence-corrected chi connectivity index (χ4v) is 4.18. The van der Waals surface area contributed by atoms with Gasteiger partial charge in [0.2, 0.25) is 5.91 Å². The molecule has 3 unspecified atom stereocenters. The van der Waals surface area contributed by atoms with Crippen molar-refractivity contribution in [3.63, 3.8) is 0 Å². The molecule has 1 aromatic rings. The zero-order valence-electron chi connectivity index (χ0n) is 14.9. The molecular weight excluding hydrogens is 338 g/mol. The third-order valence-corrected chi connectivity index (χ3v) is 5.56. The van der Waals surface area contributed by atoms with Crippen LogP contribution in [0.3, 0.4) is 0 Å². The summed E-state index contributed by atoms with van der Waals surface area (Å²) >= 11 is 1.52. The van der Waals surface area contributed by atoms with Crippen LogP contribution in [0.1, 0.15) is 31.1 Å². The topological polar surface area (TPSA) is 70.7 Å². The highest BCUT2D eigenvalue weighted by atomic mass is 32.2. The largest absolute Gasteiger partial charge is 0.373 e. The van der Waals surface area contributed by atoms with Gasteiger partial charge in [0.1, 0.15) is 0 Å². The Morgan fingerprint density at radius 2 is 2.04 bits per heavy atom. The van der Waals surface area contributed by atoms with Gasteiger partial charge in [-0.3, -0.25) is 14.5 Å². The molecule has 2 amide bonds. The summed E-state index contributed by atoms with van der Waals surface area (Å²) in [6, 6.07) is 5.46. The van der Waals surface area contributed by atoms with E-state index in [1.807, 2.05) is 19.1 Å². The SMILES string of the molecule is CC1CN(CCNC(=O)c2ccc3c(c2)NC(=O)C(C)S3)CC(C)O1. The van der Waals surface area contributed by atoms with Crippen LogP contribution in [-0.2, 0) is 9.53 Å². The standard InChI is InChI=1S/C18H25N3O3S/c1-11-9-21(10-12(2)24-11)7-6-19-18(23)14-4-5-16-15(8-14)20-17(22)13(3)25-16/h4-5,8,11-13H,6-7,9-10H2,1-3H3,(H,19,23)(H,20,22). The van der Waals surface area contributed by atoms with Crippen molar-refractivity contribution in [1.29, 1.82) is 0 Å². The number of anilines is 1. The second-order valence-corrected chi connectivity index (χ2v) is 8.12. The third kappa shape index (κ3) is 4.54. The second kappa shape index (κ2) is 7.76. The van der Waals surface area contributed by atoms with Gasteiger partial charge in [0.05, 0.1) is 23.1 Å². The number of nitrogens with one attached hydrogen (secondary N) is 2. The maximum Gasteiger partial charge on any atom is 0.251 e. The molecule has 7 heteroatoms. The molecule has 0 radical (unpaired) electrons. The number of thioether (sulfide) groups is 1. The minimum atomic E-state index is -0.116. The Morgan fingerprint density at radius 3 is 2.76 bits per heavy atom. The summed E-state index contributed by atoms with van der Waals surface area (Å²) in [5, 5.41) is 5.72. The van der Waals surface area contributed by atoms with E-state index in [0.29, 0.717) is 12.1 Å². The van der Waals surface area contributed by atoms with Gasteiger partial charge in [-0.25, -0.2) is 0 Å². The molecule has 0 aromatic heterocycles. The Balaban J connectivity index is 1.53. The van der Waals surface area contributed by atoms with Gasteiger partial charge in [0.25, 0.3) is 5.91 Å². The van der Waals surface area contributed by atoms with E-state index in [4.69, 9.17) is 4.74 Å². The van der Waals surface area contributed by atoms with Crippen LogP contribution in [0.15, 0.2) is 23.1 Å². The van der Waals surface area contributed by atoms with Gasteiger partial charge < -0.3 is 15.4 Å². The van der Waals surface area contributed by atoms with Gasteiger partial charge in [-0.05, 0) is 39.0 Å². The van der Waals surface area contributed by atoms with Gasteiger partial charge in [-0.15, -0.1) is 11.8 Å². The van der Waals surface area contributed by atoms with Crippen molar-refractivity contribution in [1.82, 2.24) is 10.2 Å². The lowest BCUT2D eigenvalue weighted by Gasteiger charge is -2.35. The molecule has 2 aliphatic heterocycles. The lowest BCUT2D eigenvalue weighted by Crippen LogP contribution is -2.47. The van der Waals surface area contributed by atoms with Crippen molar-refractivity contribution in [3.05, 3.63) is 23.8 Å². The molecule has 25 heavy (non-hydrogen) atoms. The van der Waals surface area contributed by atoms with Crippen molar-refractivity contribution in [2.75, 3.05) is 31.5 Å². The highest BCUT2D eigenvalue weighted by molar-refractivity contribution is 8.00. The van der Waals surface area contributed by atoms with Crippen LogP contribution in [0.4, 0.5) is 5.69 Å². The molecule has 0 aliphatic carbocycles. The van der Waals surface area contributed by atoms with Gasteiger partial charge in [0, 0.05) is 36.6 Å². The highest BCUT2D eigenvalue weighted by Gasteiger charge is 2.24. The summed E-state index contributed by atoms with van der Waals surface area (Å²) in [5.41, 5.74) is 1.29. The molecule has 6 nitrogen and oxygen atoms in total. The molecule has 2 aliphatic rings. The lowest BCUT2D eigenvalue weighted by atomic mass is 10.1. The molecule has 0 bridgehead atoms. The number of nitrogens with zero attached hydrogens (tertiary/aromatic N) is 1. The first kappa shape index (κ1) is 18.2. The number of hydrogen-bond donors (Lipinski definition) is 2. The van der Waals surface area contributed by atoms with Gasteiger partial charge in [0.15, 0.2) is 0 Å². The van der Waals surface area contributed by atoms with Crippen molar-refractivity contribution < 1.29 is 14.3 Å². The maximum atomic E-state index is 12.4. The first-order valence-electron chi connectivity index (χ1n) is 8.70. The quantitative estimate of drug-likeness (QED) is 0.856. The first-order valence-corrected chi connectivity index (χ1v) is 9.58. The molecule has 136 valence electrons. The summed E-state index contributed by atoms with van der Waals surface area (Å²) in [7, 11) is 0. The summed E-state index contributed by atoms with van der Waals surface area (Å²) in [6.45, 7) is 9.19. The lowest BCUT2D eigenvalue weighted by molar-refractivity contribution is -0.115. The van der Waals surface area contributed by atoms with E-state index in [1.54, 1.807) is 6.07 Å². The number of amides is 2. The number of rotatable bonds is 4. The van der Waals surface area contributed by atoms with Gasteiger partial charge in [-0.1, -0.05) is 0 Å². The van der Waals surface area contributed by atoms with E-state index < -0.39 is 0 Å². The normalized spacial score (nSPS) is 26.7. The molecule has 1 saturated heterocycles. The molecule has 3 rings (SSSR count). The number of morpholine rings is 1. The van der Waals surface area contributed by atoms with E-state index in [-0.39, 0.29) is 29.3 Å². The Kier molecular flexibility index (Phi) is 5.66. The minimum absolute atomic E-state index is 0.0226. The predicted octanol–water partition coefficient (Wildman–Crippen LogP) is 1.96. The first-order chi connectivity index (χ1) is 11.9. The van der Waals surface area contributed by atoms with Crippen molar-refractivity contribution >= 4 is 29.3 Å². The molecule has 1 aromatic carbocycles. The molecule has 3 atom stereocenters. The predicted molar refractivity (Wildman–Crippen MR) is 99.2 cm³/mol. The average molecular weight is 363 g/mol. The summed E-state index contributed by atoms with van der Waals surface area (Å²) in [5.74, 6) is -0.138. The summed E-state index contributed by atoms with van der Waals surface area (Å²) < 4.78 is 5.72. The van der Waals surface area contributed by atoms with E-state index >= 15 is 0 Å². The van der Waals surface area contributed by atoms with Crippen LogP contribution in [0.5, 0.6) is 0 Å². The Bertz CT molecular complexity index is 657. The molecule has 1 fully saturated rings. The monoisotopic (exact) mass is 363 g/mol. The van der Waals surface area contributed by atoms with Crippen LogP contribution in [0.2, 0.25) is 0 Å².